The summed E-state index contributed by atoms with van der Waals surface area (Å²) < 4.78 is 7.74. The normalized spacial score (nSPS) is 10.9. The first kappa shape index (κ1) is 22.3. The number of carbonyl (C=O) groups excluding carboxylic acids is 1. The smallest absolute Gasteiger partial charge is 0.253 e. The highest BCUT2D eigenvalue weighted by atomic mass is 16.4. The monoisotopic (exact) mass is 463 g/mol. The van der Waals surface area contributed by atoms with Crippen LogP contribution in [0, 0.1) is 6.92 Å². The molecule has 7 nitrogen and oxygen atoms in total. The molecule has 0 saturated heterocycles. The van der Waals surface area contributed by atoms with Crippen LogP contribution in [0.2, 0.25) is 0 Å². The van der Waals surface area contributed by atoms with E-state index in [0.29, 0.717) is 30.4 Å². The van der Waals surface area contributed by atoms with E-state index in [-0.39, 0.29) is 5.91 Å². The van der Waals surface area contributed by atoms with E-state index >= 15 is 0 Å². The summed E-state index contributed by atoms with van der Waals surface area (Å²) in [5, 5.41) is 12.8. The molecule has 7 heteroatoms. The zero-order valence-corrected chi connectivity index (χ0v) is 19.6. The Labute approximate surface area is 203 Å². The van der Waals surface area contributed by atoms with E-state index in [1.54, 1.807) is 30.3 Å². The minimum Gasteiger partial charge on any atom is -0.416 e. The summed E-state index contributed by atoms with van der Waals surface area (Å²) in [6, 6.07) is 25.3. The Bertz CT molecular complexity index is 1440. The molecule has 174 valence electrons. The average Bonchev–Trinajstić information content (AvgIpc) is 3.54. The van der Waals surface area contributed by atoms with Crippen LogP contribution in [0.5, 0.6) is 0 Å². The highest BCUT2D eigenvalue weighted by Gasteiger charge is 2.15. The van der Waals surface area contributed by atoms with Gasteiger partial charge in [-0.3, -0.25) is 9.48 Å². The molecular formula is C28H25N5O2. The Kier molecular flexibility index (Phi) is 6.22. The van der Waals surface area contributed by atoms with Gasteiger partial charge >= 0.3 is 0 Å². The van der Waals surface area contributed by atoms with Crippen molar-refractivity contribution >= 4 is 5.91 Å². The van der Waals surface area contributed by atoms with Gasteiger partial charge in [0.05, 0.1) is 12.7 Å². The number of hydrogen-bond acceptors (Lipinski definition) is 5. The Hall–Kier alpha value is -4.52. The maximum Gasteiger partial charge on any atom is 0.253 e. The van der Waals surface area contributed by atoms with Gasteiger partial charge in [0.1, 0.15) is 0 Å². The quantitative estimate of drug-likeness (QED) is 0.330. The molecule has 3 aromatic carbocycles. The van der Waals surface area contributed by atoms with Crippen molar-refractivity contribution in [2.45, 2.75) is 20.0 Å². The van der Waals surface area contributed by atoms with Crippen LogP contribution >= 0.6 is 0 Å². The Balaban J connectivity index is 1.23. The Morgan fingerprint density at radius 3 is 2.37 bits per heavy atom. The van der Waals surface area contributed by atoms with Gasteiger partial charge in [-0.1, -0.05) is 48.0 Å². The second-order valence-corrected chi connectivity index (χ2v) is 8.55. The van der Waals surface area contributed by atoms with Crippen LogP contribution in [0.15, 0.2) is 95.7 Å². The van der Waals surface area contributed by atoms with Gasteiger partial charge in [0.25, 0.3) is 5.91 Å². The van der Waals surface area contributed by atoms with Crippen LogP contribution in [0.1, 0.15) is 27.0 Å². The van der Waals surface area contributed by atoms with Gasteiger partial charge in [0.2, 0.25) is 11.8 Å². The van der Waals surface area contributed by atoms with Crippen molar-refractivity contribution in [3.05, 3.63) is 114 Å². The summed E-state index contributed by atoms with van der Waals surface area (Å²) in [5.41, 5.74) is 5.51. The van der Waals surface area contributed by atoms with Crippen LogP contribution in [0.4, 0.5) is 0 Å². The molecule has 0 radical (unpaired) electrons. The third-order valence-electron chi connectivity index (χ3n) is 5.71. The second kappa shape index (κ2) is 9.77. The fourth-order valence-electron chi connectivity index (χ4n) is 3.90. The molecule has 2 heterocycles. The first-order valence-electron chi connectivity index (χ1n) is 11.4. The predicted octanol–water partition coefficient (Wildman–Crippen LogP) is 5.23. The van der Waals surface area contributed by atoms with E-state index < -0.39 is 0 Å². The standard InChI is InChI=1S/C28H25N5O2/c1-20-7-6-10-25(15-20)27-31-30-26(35-27)23-11-13-24(14-12-23)28(34)32(2)17-22-16-29-33(19-22)18-21-8-4-3-5-9-21/h3-16,19H,17-18H2,1-2H3. The van der Waals surface area contributed by atoms with Crippen LogP contribution in [-0.4, -0.2) is 37.8 Å². The van der Waals surface area contributed by atoms with Crippen molar-refractivity contribution in [2.75, 3.05) is 7.05 Å². The van der Waals surface area contributed by atoms with E-state index in [9.17, 15) is 4.79 Å². The van der Waals surface area contributed by atoms with Gasteiger partial charge < -0.3 is 9.32 Å². The molecule has 0 aliphatic heterocycles. The van der Waals surface area contributed by atoms with Crippen molar-refractivity contribution in [3.8, 4) is 22.9 Å². The summed E-state index contributed by atoms with van der Waals surface area (Å²) >= 11 is 0. The molecule has 0 atom stereocenters. The minimum absolute atomic E-state index is 0.0710. The fourth-order valence-corrected chi connectivity index (χ4v) is 3.90. The summed E-state index contributed by atoms with van der Waals surface area (Å²) in [6.45, 7) is 3.18. The Morgan fingerprint density at radius 1 is 0.886 bits per heavy atom. The van der Waals surface area contributed by atoms with Crippen LogP contribution in [0.25, 0.3) is 22.9 Å². The van der Waals surface area contributed by atoms with Gasteiger partial charge in [-0.2, -0.15) is 5.10 Å². The van der Waals surface area contributed by atoms with Crippen LogP contribution < -0.4 is 0 Å². The van der Waals surface area contributed by atoms with Crippen molar-refractivity contribution in [1.82, 2.24) is 24.9 Å². The molecule has 0 aliphatic carbocycles. The van der Waals surface area contributed by atoms with Crippen LogP contribution in [0.3, 0.4) is 0 Å². The number of nitrogens with zero attached hydrogens (tertiary/aromatic N) is 5. The molecule has 2 aromatic heterocycles. The maximum absolute atomic E-state index is 13.0. The number of rotatable bonds is 7. The lowest BCUT2D eigenvalue weighted by Gasteiger charge is -2.16. The van der Waals surface area contributed by atoms with Crippen molar-refractivity contribution in [1.29, 1.82) is 0 Å². The first-order valence-corrected chi connectivity index (χ1v) is 11.4. The Morgan fingerprint density at radius 2 is 1.63 bits per heavy atom. The molecule has 5 rings (SSSR count). The fraction of sp³-hybridized carbons (Fsp3) is 0.143. The number of aromatic nitrogens is 4. The van der Waals surface area contributed by atoms with Gasteiger partial charge in [-0.05, 0) is 48.9 Å². The van der Waals surface area contributed by atoms with E-state index in [1.165, 1.54) is 5.56 Å². The highest BCUT2D eigenvalue weighted by Crippen LogP contribution is 2.25. The largest absolute Gasteiger partial charge is 0.416 e. The van der Waals surface area contributed by atoms with Gasteiger partial charge in [0, 0.05) is 42.0 Å². The zero-order valence-electron chi connectivity index (χ0n) is 19.6. The average molecular weight is 464 g/mol. The van der Waals surface area contributed by atoms with E-state index in [2.05, 4.69) is 27.4 Å². The first-order chi connectivity index (χ1) is 17.0. The molecule has 0 saturated carbocycles. The highest BCUT2D eigenvalue weighted by molar-refractivity contribution is 5.94. The van der Waals surface area contributed by atoms with E-state index in [1.807, 2.05) is 72.4 Å². The van der Waals surface area contributed by atoms with E-state index in [0.717, 1.165) is 22.3 Å². The molecule has 5 aromatic rings. The van der Waals surface area contributed by atoms with Gasteiger partial charge in [-0.15, -0.1) is 10.2 Å². The van der Waals surface area contributed by atoms with Crippen molar-refractivity contribution < 1.29 is 9.21 Å². The molecule has 1 amide bonds. The number of amides is 1. The third-order valence-corrected chi connectivity index (χ3v) is 5.71. The predicted molar refractivity (Wildman–Crippen MR) is 133 cm³/mol. The summed E-state index contributed by atoms with van der Waals surface area (Å²) in [7, 11) is 1.79. The number of benzene rings is 3. The van der Waals surface area contributed by atoms with Crippen LogP contribution in [-0.2, 0) is 13.1 Å². The molecule has 0 spiro atoms. The lowest BCUT2D eigenvalue weighted by atomic mass is 10.1. The van der Waals surface area contributed by atoms with E-state index in [4.69, 9.17) is 4.42 Å². The SMILES string of the molecule is Cc1cccc(-c2nnc(-c3ccc(C(=O)N(C)Cc4cnn(Cc5ccccc5)c4)cc3)o2)c1. The van der Waals surface area contributed by atoms with Gasteiger partial charge in [-0.25, -0.2) is 0 Å². The third kappa shape index (κ3) is 5.19. The van der Waals surface area contributed by atoms with Crippen molar-refractivity contribution in [2.24, 2.45) is 0 Å². The molecule has 0 fully saturated rings. The molecule has 0 bridgehead atoms. The lowest BCUT2D eigenvalue weighted by Crippen LogP contribution is -2.26. The number of hydrogen-bond donors (Lipinski definition) is 0. The number of carbonyl (C=O) groups is 1. The molecule has 0 unspecified atom stereocenters. The molecule has 35 heavy (non-hydrogen) atoms. The van der Waals surface area contributed by atoms with Crippen molar-refractivity contribution in [3.63, 3.8) is 0 Å². The lowest BCUT2D eigenvalue weighted by molar-refractivity contribution is 0.0785. The zero-order chi connectivity index (χ0) is 24.2. The minimum atomic E-state index is -0.0710. The molecule has 0 aliphatic rings. The number of aryl methyl sites for hydroxylation is 1. The second-order valence-electron chi connectivity index (χ2n) is 8.55. The topological polar surface area (TPSA) is 77.1 Å². The van der Waals surface area contributed by atoms with Gasteiger partial charge in [0.15, 0.2) is 0 Å². The molecular weight excluding hydrogens is 438 g/mol. The molecule has 0 N–H and O–H groups in total. The summed E-state index contributed by atoms with van der Waals surface area (Å²) in [4.78, 5) is 14.6. The maximum atomic E-state index is 13.0. The summed E-state index contributed by atoms with van der Waals surface area (Å²) in [5.74, 6) is 0.814. The summed E-state index contributed by atoms with van der Waals surface area (Å²) in [6.07, 6.45) is 3.78.